The van der Waals surface area contributed by atoms with E-state index in [9.17, 15) is 9.59 Å². The summed E-state index contributed by atoms with van der Waals surface area (Å²) in [7, 11) is 0. The van der Waals surface area contributed by atoms with E-state index in [1.54, 1.807) is 0 Å². The summed E-state index contributed by atoms with van der Waals surface area (Å²) >= 11 is 1.32. The van der Waals surface area contributed by atoms with Crippen LogP contribution in [-0.2, 0) is 11.2 Å². The molecule has 1 amide bonds. The predicted octanol–water partition coefficient (Wildman–Crippen LogP) is 3.54. The van der Waals surface area contributed by atoms with E-state index in [1.807, 2.05) is 0 Å². The molecule has 6 heteroatoms. The number of aromatic nitrogens is 1. The molecular formula is C18H27N3O2S. The lowest BCUT2D eigenvalue weighted by Gasteiger charge is -2.35. The van der Waals surface area contributed by atoms with Crippen LogP contribution in [0, 0.1) is 10.8 Å². The molecule has 0 aliphatic heterocycles. The lowest BCUT2D eigenvalue weighted by Crippen LogP contribution is -2.36. The number of carbonyl (C=O) groups excluding carboxylic acids is 2. The summed E-state index contributed by atoms with van der Waals surface area (Å²) < 4.78 is 0. The molecule has 3 rings (SSSR count). The third-order valence-electron chi connectivity index (χ3n) is 5.36. The fraction of sp³-hybridized carbons (Fsp3) is 0.722. The zero-order valence-corrected chi connectivity index (χ0v) is 15.4. The summed E-state index contributed by atoms with van der Waals surface area (Å²) in [6, 6.07) is 0. The zero-order valence-electron chi connectivity index (χ0n) is 14.6. The number of ketones is 1. The zero-order chi connectivity index (χ0) is 17.4. The molecule has 132 valence electrons. The Kier molecular flexibility index (Phi) is 4.80. The van der Waals surface area contributed by atoms with Crippen molar-refractivity contribution < 1.29 is 9.59 Å². The van der Waals surface area contributed by atoms with Gasteiger partial charge in [0.05, 0.1) is 10.6 Å². The maximum absolute atomic E-state index is 12.5. The Bertz CT molecular complexity index is 645. The van der Waals surface area contributed by atoms with Crippen molar-refractivity contribution in [2.75, 3.05) is 11.9 Å². The van der Waals surface area contributed by atoms with Gasteiger partial charge in [0.25, 0.3) is 0 Å². The summed E-state index contributed by atoms with van der Waals surface area (Å²) in [6.45, 7) is 4.72. The number of thiazole rings is 1. The second-order valence-electron chi connectivity index (χ2n) is 8.23. The fourth-order valence-electron chi connectivity index (χ4n) is 4.03. The average Bonchev–Trinajstić information content (AvgIpc) is 2.89. The van der Waals surface area contributed by atoms with Gasteiger partial charge in [-0.05, 0) is 36.6 Å². The monoisotopic (exact) mass is 349 g/mol. The Hall–Kier alpha value is -1.27. The number of carbonyl (C=O) groups is 2. The molecule has 2 aliphatic carbocycles. The standard InChI is InChI=1S/C18H27N3O2S/c1-17(2)8-12-15(13(22)9-17)24-16(20-12)21-14(23)10-18(11-19)6-4-3-5-7-18/h3-11,19H2,1-2H3,(H,20,21,23). The topological polar surface area (TPSA) is 85.1 Å². The molecule has 0 aromatic carbocycles. The van der Waals surface area contributed by atoms with Crippen molar-refractivity contribution in [3.8, 4) is 0 Å². The number of hydrogen-bond acceptors (Lipinski definition) is 5. The number of amides is 1. The lowest BCUT2D eigenvalue weighted by atomic mass is 9.72. The van der Waals surface area contributed by atoms with Gasteiger partial charge in [0.15, 0.2) is 10.9 Å². The van der Waals surface area contributed by atoms with Crippen LogP contribution in [0.15, 0.2) is 0 Å². The number of hydrogen-bond donors (Lipinski definition) is 2. The van der Waals surface area contributed by atoms with Crippen molar-refractivity contribution in [3.05, 3.63) is 10.6 Å². The molecule has 1 aromatic rings. The van der Waals surface area contributed by atoms with Gasteiger partial charge in [0.1, 0.15) is 0 Å². The molecule has 1 fully saturated rings. The van der Waals surface area contributed by atoms with Crippen LogP contribution in [0.2, 0.25) is 0 Å². The molecule has 1 heterocycles. The van der Waals surface area contributed by atoms with Gasteiger partial charge in [-0.3, -0.25) is 9.59 Å². The van der Waals surface area contributed by atoms with Gasteiger partial charge >= 0.3 is 0 Å². The summed E-state index contributed by atoms with van der Waals surface area (Å²) in [6.07, 6.45) is 7.38. The quantitative estimate of drug-likeness (QED) is 0.871. The number of nitrogens with one attached hydrogen (secondary N) is 1. The second kappa shape index (κ2) is 6.56. The predicted molar refractivity (Wildman–Crippen MR) is 96.4 cm³/mol. The van der Waals surface area contributed by atoms with E-state index in [4.69, 9.17) is 5.73 Å². The Morgan fingerprint density at radius 3 is 2.62 bits per heavy atom. The van der Waals surface area contributed by atoms with Crippen LogP contribution in [0.5, 0.6) is 0 Å². The third kappa shape index (κ3) is 3.70. The Morgan fingerprint density at radius 1 is 1.25 bits per heavy atom. The molecule has 5 nitrogen and oxygen atoms in total. The number of nitrogens with two attached hydrogens (primary N) is 1. The summed E-state index contributed by atoms with van der Waals surface area (Å²) in [5.74, 6) is 0.116. The van der Waals surface area contributed by atoms with Gasteiger partial charge in [-0.2, -0.15) is 0 Å². The van der Waals surface area contributed by atoms with Gasteiger partial charge in [-0.15, -0.1) is 0 Å². The maximum atomic E-state index is 12.5. The van der Waals surface area contributed by atoms with Gasteiger partial charge in [0, 0.05) is 12.8 Å². The van der Waals surface area contributed by atoms with E-state index < -0.39 is 0 Å². The molecule has 0 atom stereocenters. The molecule has 0 saturated heterocycles. The SMILES string of the molecule is CC1(C)CC(=O)c2sc(NC(=O)CC3(CN)CCCCC3)nc2C1. The molecule has 0 bridgehead atoms. The van der Waals surface area contributed by atoms with Crippen LogP contribution in [0.4, 0.5) is 5.13 Å². The Balaban J connectivity index is 1.68. The minimum absolute atomic E-state index is 0.0276. The minimum atomic E-state index is -0.0585. The van der Waals surface area contributed by atoms with Gasteiger partial charge < -0.3 is 11.1 Å². The van der Waals surface area contributed by atoms with Crippen LogP contribution < -0.4 is 11.1 Å². The highest BCUT2D eigenvalue weighted by Gasteiger charge is 2.35. The van der Waals surface area contributed by atoms with Crippen LogP contribution in [0.25, 0.3) is 0 Å². The molecule has 2 aliphatic rings. The van der Waals surface area contributed by atoms with E-state index in [2.05, 4.69) is 24.1 Å². The number of rotatable bonds is 4. The summed E-state index contributed by atoms with van der Waals surface area (Å²) in [4.78, 5) is 30.0. The van der Waals surface area contributed by atoms with Crippen LogP contribution in [0.3, 0.4) is 0 Å². The highest BCUT2D eigenvalue weighted by atomic mass is 32.1. The molecule has 24 heavy (non-hydrogen) atoms. The normalized spacial score (nSPS) is 22.0. The van der Waals surface area contributed by atoms with E-state index in [1.165, 1.54) is 17.8 Å². The molecule has 1 saturated carbocycles. The minimum Gasteiger partial charge on any atom is -0.330 e. The molecule has 0 radical (unpaired) electrons. The average molecular weight is 350 g/mol. The molecular weight excluding hydrogens is 322 g/mol. The van der Waals surface area contributed by atoms with E-state index in [0.29, 0.717) is 24.5 Å². The largest absolute Gasteiger partial charge is 0.330 e. The maximum Gasteiger partial charge on any atom is 0.226 e. The van der Waals surface area contributed by atoms with Crippen LogP contribution in [-0.4, -0.2) is 23.2 Å². The summed E-state index contributed by atoms with van der Waals surface area (Å²) in [5.41, 5.74) is 6.70. The number of nitrogens with zero attached hydrogens (tertiary/aromatic N) is 1. The van der Waals surface area contributed by atoms with Gasteiger partial charge in [0.2, 0.25) is 5.91 Å². The lowest BCUT2D eigenvalue weighted by molar-refractivity contribution is -0.118. The van der Waals surface area contributed by atoms with E-state index >= 15 is 0 Å². The molecule has 0 spiro atoms. The van der Waals surface area contributed by atoms with Crippen molar-refractivity contribution in [3.63, 3.8) is 0 Å². The first-order chi connectivity index (χ1) is 11.3. The molecule has 0 unspecified atom stereocenters. The fourth-order valence-corrected chi connectivity index (χ4v) is 4.97. The second-order valence-corrected chi connectivity index (χ2v) is 9.22. The van der Waals surface area contributed by atoms with Crippen molar-refractivity contribution in [1.29, 1.82) is 0 Å². The van der Waals surface area contributed by atoms with E-state index in [0.717, 1.165) is 42.7 Å². The smallest absolute Gasteiger partial charge is 0.226 e. The van der Waals surface area contributed by atoms with Gasteiger partial charge in [-0.1, -0.05) is 44.4 Å². The first kappa shape index (κ1) is 17.5. The first-order valence-corrected chi connectivity index (χ1v) is 9.67. The molecule has 3 N–H and O–H groups in total. The summed E-state index contributed by atoms with van der Waals surface area (Å²) in [5, 5.41) is 3.47. The van der Waals surface area contributed by atoms with Crippen LogP contribution >= 0.6 is 11.3 Å². The van der Waals surface area contributed by atoms with Crippen LogP contribution in [0.1, 0.15) is 74.2 Å². The van der Waals surface area contributed by atoms with Crippen molar-refractivity contribution in [2.24, 2.45) is 16.6 Å². The number of Topliss-reactive ketones (excluding diaryl/α,β-unsaturated/α-hetero) is 1. The number of anilines is 1. The van der Waals surface area contributed by atoms with Crippen molar-refractivity contribution >= 4 is 28.2 Å². The third-order valence-corrected chi connectivity index (χ3v) is 6.42. The van der Waals surface area contributed by atoms with Gasteiger partial charge in [-0.25, -0.2) is 4.98 Å². The van der Waals surface area contributed by atoms with Crippen molar-refractivity contribution in [2.45, 2.75) is 65.2 Å². The first-order valence-electron chi connectivity index (χ1n) is 8.85. The van der Waals surface area contributed by atoms with E-state index in [-0.39, 0.29) is 22.5 Å². The Morgan fingerprint density at radius 2 is 1.96 bits per heavy atom. The van der Waals surface area contributed by atoms with Crippen molar-refractivity contribution in [1.82, 2.24) is 4.98 Å². The highest BCUT2D eigenvalue weighted by molar-refractivity contribution is 7.17. The number of fused-ring (bicyclic) bond motifs is 1. The highest BCUT2D eigenvalue weighted by Crippen LogP contribution is 2.40. The Labute approximate surface area is 147 Å². The molecule has 1 aromatic heterocycles.